The van der Waals surface area contributed by atoms with Crippen LogP contribution in [0.4, 0.5) is 0 Å². The molecule has 9 heteroatoms. The van der Waals surface area contributed by atoms with E-state index in [1.165, 1.54) is 0 Å². The Morgan fingerprint density at radius 3 is 1.43 bits per heavy atom. The quantitative estimate of drug-likeness (QED) is 0.454. The van der Waals surface area contributed by atoms with Gasteiger partial charge in [-0.1, -0.05) is 6.92 Å². The molecule has 0 bridgehead atoms. The maximum Gasteiger partial charge on any atom is 0.329 e. The number of hydrogen-bond donors (Lipinski definition) is 0. The molecule has 0 aromatic carbocycles. The number of rotatable bonds is 9. The molecule has 2 aliphatic rings. The summed E-state index contributed by atoms with van der Waals surface area (Å²) in [5.41, 5.74) is -1.17. The Bertz CT molecular complexity index is 708. The number of ether oxygens (including phenoxy) is 2. The van der Waals surface area contributed by atoms with E-state index in [0.29, 0.717) is 45.6 Å². The van der Waals surface area contributed by atoms with Gasteiger partial charge in [0.15, 0.2) is 0 Å². The highest BCUT2D eigenvalue weighted by molar-refractivity contribution is 5.86. The minimum Gasteiger partial charge on any atom is -0.458 e. The van der Waals surface area contributed by atoms with Crippen LogP contribution >= 0.6 is 0 Å². The predicted octanol–water partition coefficient (Wildman–Crippen LogP) is 2.75. The number of esters is 2. The first-order valence-corrected chi connectivity index (χ1v) is 13.0. The van der Waals surface area contributed by atoms with Crippen LogP contribution < -0.4 is 0 Å². The first kappa shape index (κ1) is 29.1. The number of carbonyl (C=O) groups excluding carboxylic acids is 4. The van der Waals surface area contributed by atoms with Crippen molar-refractivity contribution < 1.29 is 28.7 Å². The van der Waals surface area contributed by atoms with E-state index in [-0.39, 0.29) is 36.6 Å². The number of likely N-dealkylation sites (tertiary alicyclic amines) is 2. The summed E-state index contributed by atoms with van der Waals surface area (Å²) >= 11 is 0. The van der Waals surface area contributed by atoms with E-state index in [9.17, 15) is 19.2 Å². The highest BCUT2D eigenvalue weighted by atomic mass is 16.6. The predicted molar refractivity (Wildman–Crippen MR) is 133 cm³/mol. The van der Waals surface area contributed by atoms with E-state index in [1.807, 2.05) is 48.5 Å². The van der Waals surface area contributed by atoms with Gasteiger partial charge in [0.05, 0.1) is 0 Å². The molecule has 2 aliphatic heterocycles. The number of carbonyl (C=O) groups is 4. The van der Waals surface area contributed by atoms with Crippen LogP contribution in [0.25, 0.3) is 0 Å². The zero-order chi connectivity index (χ0) is 26.4. The van der Waals surface area contributed by atoms with Gasteiger partial charge in [0.2, 0.25) is 11.8 Å². The number of hydrogen-bond acceptors (Lipinski definition) is 7. The lowest BCUT2D eigenvalue weighted by Crippen LogP contribution is -2.45. The summed E-state index contributed by atoms with van der Waals surface area (Å²) in [5.74, 6) is -0.807. The normalized spacial score (nSPS) is 20.9. The molecule has 2 unspecified atom stereocenters. The molecule has 0 aliphatic carbocycles. The highest BCUT2D eigenvalue weighted by Crippen LogP contribution is 2.23. The molecule has 9 nitrogen and oxygen atoms in total. The van der Waals surface area contributed by atoms with E-state index >= 15 is 0 Å². The third-order valence-electron chi connectivity index (χ3n) is 6.24. The molecular weight excluding hydrogens is 450 g/mol. The van der Waals surface area contributed by atoms with Crippen LogP contribution in [0.5, 0.6) is 0 Å². The van der Waals surface area contributed by atoms with Crippen molar-refractivity contribution >= 4 is 23.8 Å². The van der Waals surface area contributed by atoms with Gasteiger partial charge in [0.1, 0.15) is 23.3 Å². The standard InChI is InChI=1S/C26H45N3O6/c1-8-27(17-13-21(30)28-15-9-11-19(28)23(32)34-25(2,3)4)18-14-22(31)29-16-10-12-20(29)24(33)35-26(5,6)7/h19-20H,8-18H2,1-7H3. The Hall–Kier alpha value is -2.16. The van der Waals surface area contributed by atoms with E-state index in [0.717, 1.165) is 12.8 Å². The third-order valence-corrected chi connectivity index (χ3v) is 6.24. The SMILES string of the molecule is CCN(CCC(=O)N1CCCC1C(=O)OC(C)(C)C)CCC(=O)N1CCCC1C(=O)OC(C)(C)C. The lowest BCUT2D eigenvalue weighted by atomic mass is 10.1. The lowest BCUT2D eigenvalue weighted by molar-refractivity contribution is -0.163. The molecule has 0 saturated carbocycles. The van der Waals surface area contributed by atoms with Gasteiger partial charge < -0.3 is 24.2 Å². The van der Waals surface area contributed by atoms with Crippen LogP contribution in [-0.2, 0) is 28.7 Å². The monoisotopic (exact) mass is 495 g/mol. The fraction of sp³-hybridized carbons (Fsp3) is 0.846. The Morgan fingerprint density at radius 2 is 1.11 bits per heavy atom. The van der Waals surface area contributed by atoms with Gasteiger partial charge in [-0.15, -0.1) is 0 Å². The maximum atomic E-state index is 12.9. The van der Waals surface area contributed by atoms with Gasteiger partial charge in [-0.25, -0.2) is 9.59 Å². The van der Waals surface area contributed by atoms with Crippen molar-refractivity contribution in [2.45, 2.75) is 110 Å². The number of nitrogens with zero attached hydrogens (tertiary/aromatic N) is 3. The Morgan fingerprint density at radius 1 is 0.743 bits per heavy atom. The Balaban J connectivity index is 1.84. The molecular formula is C26H45N3O6. The van der Waals surface area contributed by atoms with Crippen molar-refractivity contribution in [1.29, 1.82) is 0 Å². The van der Waals surface area contributed by atoms with Crippen LogP contribution in [0.1, 0.15) is 87.0 Å². The fourth-order valence-corrected chi connectivity index (χ4v) is 4.58. The molecule has 2 rings (SSSR count). The molecule has 0 aromatic heterocycles. The summed E-state index contributed by atoms with van der Waals surface area (Å²) in [5, 5.41) is 0. The molecule has 2 atom stereocenters. The molecule has 200 valence electrons. The van der Waals surface area contributed by atoms with Crippen molar-refractivity contribution in [2.24, 2.45) is 0 Å². The van der Waals surface area contributed by atoms with Crippen LogP contribution in [0.2, 0.25) is 0 Å². The van der Waals surface area contributed by atoms with Gasteiger partial charge in [0, 0.05) is 39.0 Å². The van der Waals surface area contributed by atoms with E-state index in [2.05, 4.69) is 4.90 Å². The average molecular weight is 496 g/mol. The van der Waals surface area contributed by atoms with E-state index in [1.54, 1.807) is 9.80 Å². The maximum absolute atomic E-state index is 12.9. The Labute approximate surface area is 210 Å². The molecule has 0 radical (unpaired) electrons. The number of amides is 2. The summed E-state index contributed by atoms with van der Waals surface area (Å²) in [6.07, 6.45) is 3.40. The molecule has 35 heavy (non-hydrogen) atoms. The average Bonchev–Trinajstić information content (AvgIpc) is 3.40. The van der Waals surface area contributed by atoms with Crippen molar-refractivity contribution in [2.75, 3.05) is 32.7 Å². The largest absolute Gasteiger partial charge is 0.458 e. The van der Waals surface area contributed by atoms with Gasteiger partial charge >= 0.3 is 11.9 Å². The summed E-state index contributed by atoms with van der Waals surface area (Å²) in [6, 6.07) is -1.03. The van der Waals surface area contributed by atoms with E-state index < -0.39 is 23.3 Å². The molecule has 2 saturated heterocycles. The van der Waals surface area contributed by atoms with Crippen molar-refractivity contribution in [1.82, 2.24) is 14.7 Å². The summed E-state index contributed by atoms with van der Waals surface area (Å²) in [7, 11) is 0. The minimum atomic E-state index is -0.586. The molecule has 2 fully saturated rings. The van der Waals surface area contributed by atoms with Gasteiger partial charge in [0.25, 0.3) is 0 Å². The second-order valence-corrected chi connectivity index (χ2v) is 11.5. The van der Waals surface area contributed by atoms with E-state index in [4.69, 9.17) is 9.47 Å². The fourth-order valence-electron chi connectivity index (χ4n) is 4.58. The zero-order valence-electron chi connectivity index (χ0n) is 22.7. The first-order valence-electron chi connectivity index (χ1n) is 13.0. The lowest BCUT2D eigenvalue weighted by Gasteiger charge is -2.29. The van der Waals surface area contributed by atoms with Crippen molar-refractivity contribution in [3.05, 3.63) is 0 Å². The van der Waals surface area contributed by atoms with Gasteiger partial charge in [-0.05, 0) is 73.8 Å². The van der Waals surface area contributed by atoms with Crippen LogP contribution in [0.15, 0.2) is 0 Å². The molecule has 2 amide bonds. The summed E-state index contributed by atoms with van der Waals surface area (Å²) in [4.78, 5) is 56.2. The van der Waals surface area contributed by atoms with Crippen LogP contribution in [0, 0.1) is 0 Å². The highest BCUT2D eigenvalue weighted by Gasteiger charge is 2.38. The minimum absolute atomic E-state index is 0.0623. The topological polar surface area (TPSA) is 96.5 Å². The second-order valence-electron chi connectivity index (χ2n) is 11.5. The van der Waals surface area contributed by atoms with Crippen molar-refractivity contribution in [3.63, 3.8) is 0 Å². The van der Waals surface area contributed by atoms with Gasteiger partial charge in [-0.2, -0.15) is 0 Å². The van der Waals surface area contributed by atoms with Gasteiger partial charge in [-0.3, -0.25) is 9.59 Å². The van der Waals surface area contributed by atoms with Crippen LogP contribution in [0.3, 0.4) is 0 Å². The zero-order valence-corrected chi connectivity index (χ0v) is 22.7. The second kappa shape index (κ2) is 12.2. The molecule has 0 N–H and O–H groups in total. The molecule has 0 aromatic rings. The molecule has 0 spiro atoms. The summed E-state index contributed by atoms with van der Waals surface area (Å²) < 4.78 is 11.0. The van der Waals surface area contributed by atoms with Crippen molar-refractivity contribution in [3.8, 4) is 0 Å². The molecule has 2 heterocycles. The smallest absolute Gasteiger partial charge is 0.329 e. The van der Waals surface area contributed by atoms with Crippen LogP contribution in [-0.4, -0.2) is 94.5 Å². The first-order chi connectivity index (χ1) is 16.2. The Kier molecular flexibility index (Phi) is 10.1. The summed E-state index contributed by atoms with van der Waals surface area (Å²) in [6.45, 7) is 15.8. The third kappa shape index (κ3) is 9.09.